The Bertz CT molecular complexity index is 325. The Labute approximate surface area is 107 Å². The lowest BCUT2D eigenvalue weighted by Crippen LogP contribution is -2.47. The molecule has 5 nitrogen and oxygen atoms in total. The fourth-order valence-corrected chi connectivity index (χ4v) is 3.11. The number of carbonyl (C=O) groups is 2. The van der Waals surface area contributed by atoms with E-state index in [4.69, 9.17) is 5.11 Å². The Morgan fingerprint density at radius 2 is 1.72 bits per heavy atom. The largest absolute Gasteiger partial charge is 0.480 e. The maximum absolute atomic E-state index is 12.2. The van der Waals surface area contributed by atoms with Crippen LogP contribution in [0.3, 0.4) is 0 Å². The molecule has 0 spiro atoms. The molecule has 2 atom stereocenters. The number of hydrogen-bond donors (Lipinski definition) is 2. The van der Waals surface area contributed by atoms with E-state index >= 15 is 0 Å². The maximum Gasteiger partial charge on any atom is 0.326 e. The average molecular weight is 255 g/mol. The number of aliphatic hydroxyl groups is 1. The quantitative estimate of drug-likeness (QED) is 0.788. The van der Waals surface area contributed by atoms with E-state index in [1.54, 1.807) is 0 Å². The summed E-state index contributed by atoms with van der Waals surface area (Å²) in [7, 11) is 0. The van der Waals surface area contributed by atoms with Crippen molar-refractivity contribution in [3.63, 3.8) is 0 Å². The summed E-state index contributed by atoms with van der Waals surface area (Å²) in [6.45, 7) is 0.458. The number of nitrogens with zero attached hydrogens (tertiary/aromatic N) is 1. The Balaban J connectivity index is 1.99. The van der Waals surface area contributed by atoms with Gasteiger partial charge in [0, 0.05) is 6.54 Å². The molecule has 18 heavy (non-hydrogen) atoms. The van der Waals surface area contributed by atoms with Crippen LogP contribution in [-0.2, 0) is 9.59 Å². The summed E-state index contributed by atoms with van der Waals surface area (Å²) in [5.74, 6) is -1.33. The Morgan fingerprint density at radius 1 is 1.06 bits per heavy atom. The zero-order chi connectivity index (χ0) is 13.1. The van der Waals surface area contributed by atoms with Crippen molar-refractivity contribution in [2.75, 3.05) is 6.54 Å². The first-order valence-corrected chi connectivity index (χ1v) is 6.82. The summed E-state index contributed by atoms with van der Waals surface area (Å²) < 4.78 is 0. The number of rotatable bonds is 3. The Morgan fingerprint density at radius 3 is 2.33 bits per heavy atom. The Kier molecular flexibility index (Phi) is 4.22. The zero-order valence-electron chi connectivity index (χ0n) is 10.5. The van der Waals surface area contributed by atoms with Gasteiger partial charge in [0.05, 0.1) is 0 Å². The van der Waals surface area contributed by atoms with E-state index in [9.17, 15) is 14.7 Å². The molecule has 2 fully saturated rings. The number of hydrogen-bond acceptors (Lipinski definition) is 3. The second kappa shape index (κ2) is 5.69. The standard InChI is InChI=1S/C13H21NO4/c15-11(9-5-2-1-3-6-9)12(16)14-8-4-7-10(14)13(17)18/h9-11,15H,1-8H2,(H,17,18). The van der Waals surface area contributed by atoms with Gasteiger partial charge >= 0.3 is 5.97 Å². The van der Waals surface area contributed by atoms with E-state index in [0.717, 1.165) is 25.7 Å². The van der Waals surface area contributed by atoms with E-state index in [2.05, 4.69) is 0 Å². The molecule has 1 aliphatic heterocycles. The highest BCUT2D eigenvalue weighted by molar-refractivity contribution is 5.87. The van der Waals surface area contributed by atoms with Gasteiger partial charge in [0.25, 0.3) is 5.91 Å². The van der Waals surface area contributed by atoms with Crippen molar-refractivity contribution in [1.29, 1.82) is 0 Å². The SMILES string of the molecule is O=C(O)C1CCCN1C(=O)C(O)C1CCCCC1. The van der Waals surface area contributed by atoms with E-state index < -0.39 is 18.1 Å². The minimum atomic E-state index is -1.01. The third-order valence-electron chi connectivity index (χ3n) is 4.17. The summed E-state index contributed by atoms with van der Waals surface area (Å²) in [5.41, 5.74) is 0. The van der Waals surface area contributed by atoms with Crippen molar-refractivity contribution in [2.24, 2.45) is 5.92 Å². The van der Waals surface area contributed by atoms with Gasteiger partial charge in [0.1, 0.15) is 12.1 Å². The van der Waals surface area contributed by atoms with Crippen LogP contribution in [0.4, 0.5) is 0 Å². The lowest BCUT2D eigenvalue weighted by atomic mass is 9.85. The second-order valence-electron chi connectivity index (χ2n) is 5.37. The summed E-state index contributed by atoms with van der Waals surface area (Å²) in [5, 5.41) is 19.2. The molecule has 102 valence electrons. The van der Waals surface area contributed by atoms with Gasteiger partial charge in [-0.25, -0.2) is 4.79 Å². The second-order valence-corrected chi connectivity index (χ2v) is 5.37. The molecular formula is C13H21NO4. The fourth-order valence-electron chi connectivity index (χ4n) is 3.11. The molecular weight excluding hydrogens is 234 g/mol. The molecule has 0 aromatic carbocycles. The van der Waals surface area contributed by atoms with Crippen LogP contribution in [0, 0.1) is 5.92 Å². The lowest BCUT2D eigenvalue weighted by molar-refractivity contribution is -0.154. The third-order valence-corrected chi connectivity index (χ3v) is 4.17. The van der Waals surface area contributed by atoms with Gasteiger partial charge in [0.15, 0.2) is 0 Å². The molecule has 1 saturated carbocycles. The molecule has 2 rings (SSSR count). The van der Waals surface area contributed by atoms with Gasteiger partial charge in [-0.15, -0.1) is 0 Å². The van der Waals surface area contributed by atoms with Crippen molar-refractivity contribution in [2.45, 2.75) is 57.1 Å². The van der Waals surface area contributed by atoms with Crippen LogP contribution in [-0.4, -0.2) is 45.7 Å². The fraction of sp³-hybridized carbons (Fsp3) is 0.846. The van der Waals surface area contributed by atoms with E-state index in [1.165, 1.54) is 11.3 Å². The van der Waals surface area contributed by atoms with Gasteiger partial charge < -0.3 is 15.1 Å². The molecule has 1 heterocycles. The number of carboxylic acid groups (broad SMARTS) is 1. The van der Waals surface area contributed by atoms with Crippen LogP contribution in [0.1, 0.15) is 44.9 Å². The van der Waals surface area contributed by atoms with Crippen LogP contribution >= 0.6 is 0 Å². The Hall–Kier alpha value is -1.10. The van der Waals surface area contributed by atoms with Crippen LogP contribution in [0.2, 0.25) is 0 Å². The smallest absolute Gasteiger partial charge is 0.326 e. The average Bonchev–Trinajstić information content (AvgIpc) is 2.87. The predicted molar refractivity (Wildman–Crippen MR) is 65.0 cm³/mol. The van der Waals surface area contributed by atoms with E-state index in [1.807, 2.05) is 0 Å². The van der Waals surface area contributed by atoms with Crippen molar-refractivity contribution >= 4 is 11.9 Å². The highest BCUT2D eigenvalue weighted by Crippen LogP contribution is 2.29. The van der Waals surface area contributed by atoms with Gasteiger partial charge in [-0.3, -0.25) is 4.79 Å². The molecule has 2 unspecified atom stereocenters. The van der Waals surface area contributed by atoms with Crippen molar-refractivity contribution in [3.8, 4) is 0 Å². The molecule has 2 aliphatic rings. The van der Waals surface area contributed by atoms with Crippen LogP contribution in [0.5, 0.6) is 0 Å². The van der Waals surface area contributed by atoms with Crippen molar-refractivity contribution in [1.82, 2.24) is 4.90 Å². The highest BCUT2D eigenvalue weighted by Gasteiger charge is 2.39. The van der Waals surface area contributed by atoms with Gasteiger partial charge in [-0.1, -0.05) is 19.3 Å². The van der Waals surface area contributed by atoms with Crippen molar-refractivity contribution in [3.05, 3.63) is 0 Å². The molecule has 0 aromatic heterocycles. The molecule has 0 radical (unpaired) electrons. The van der Waals surface area contributed by atoms with Crippen molar-refractivity contribution < 1.29 is 19.8 Å². The van der Waals surface area contributed by atoms with Crippen LogP contribution in [0.25, 0.3) is 0 Å². The first-order valence-electron chi connectivity index (χ1n) is 6.82. The number of carbonyl (C=O) groups excluding carboxylic acids is 1. The van der Waals surface area contributed by atoms with Crippen LogP contribution < -0.4 is 0 Å². The summed E-state index contributed by atoms with van der Waals surface area (Å²) in [6, 6.07) is -0.740. The van der Waals surface area contributed by atoms with E-state index in [0.29, 0.717) is 19.4 Å². The maximum atomic E-state index is 12.2. The lowest BCUT2D eigenvalue weighted by Gasteiger charge is -2.30. The number of amides is 1. The summed E-state index contributed by atoms with van der Waals surface area (Å²) in [4.78, 5) is 24.6. The third kappa shape index (κ3) is 2.66. The normalized spacial score (nSPS) is 27.2. The van der Waals surface area contributed by atoms with E-state index in [-0.39, 0.29) is 11.8 Å². The zero-order valence-corrected chi connectivity index (χ0v) is 10.5. The van der Waals surface area contributed by atoms with Crippen LogP contribution in [0.15, 0.2) is 0 Å². The first-order chi connectivity index (χ1) is 8.61. The minimum absolute atomic E-state index is 0.0151. The molecule has 1 amide bonds. The highest BCUT2D eigenvalue weighted by atomic mass is 16.4. The first kappa shape index (κ1) is 13.3. The summed E-state index contributed by atoms with van der Waals surface area (Å²) in [6.07, 6.45) is 5.22. The monoisotopic (exact) mass is 255 g/mol. The summed E-state index contributed by atoms with van der Waals surface area (Å²) >= 11 is 0. The molecule has 0 aromatic rings. The van der Waals surface area contributed by atoms with Gasteiger partial charge in [0.2, 0.25) is 0 Å². The molecule has 2 N–H and O–H groups in total. The van der Waals surface area contributed by atoms with Gasteiger partial charge in [-0.05, 0) is 31.6 Å². The van der Waals surface area contributed by atoms with Gasteiger partial charge in [-0.2, -0.15) is 0 Å². The predicted octanol–water partition coefficient (Wildman–Crippen LogP) is 1.00. The molecule has 1 aliphatic carbocycles. The number of likely N-dealkylation sites (tertiary alicyclic amines) is 1. The number of carboxylic acids is 1. The molecule has 5 heteroatoms. The minimum Gasteiger partial charge on any atom is -0.480 e. The molecule has 0 bridgehead atoms. The number of aliphatic hydroxyl groups excluding tert-OH is 1. The molecule has 1 saturated heterocycles. The number of aliphatic carboxylic acids is 1. The topological polar surface area (TPSA) is 77.8 Å².